The van der Waals surface area contributed by atoms with E-state index in [1.807, 2.05) is 0 Å². The van der Waals surface area contributed by atoms with Crippen LogP contribution in [0.5, 0.6) is 6.01 Å². The molecular weight excluding hydrogens is 304 g/mol. The summed E-state index contributed by atoms with van der Waals surface area (Å²) >= 11 is 0. The van der Waals surface area contributed by atoms with Crippen molar-refractivity contribution < 1.29 is 9.53 Å². The Morgan fingerprint density at radius 1 is 1.21 bits per heavy atom. The van der Waals surface area contributed by atoms with E-state index in [1.165, 1.54) is 36.0 Å². The largest absolute Gasteiger partial charge is 0.467 e. The smallest absolute Gasteiger partial charge is 0.316 e. The maximum absolute atomic E-state index is 12.3. The third kappa shape index (κ3) is 2.95. The van der Waals surface area contributed by atoms with Gasteiger partial charge in [-0.25, -0.2) is 9.97 Å². The molecule has 0 bridgehead atoms. The predicted molar refractivity (Wildman–Crippen MR) is 92.3 cm³/mol. The first-order valence-electron chi connectivity index (χ1n) is 7.72. The van der Waals surface area contributed by atoms with Crippen LogP contribution in [0.15, 0.2) is 24.5 Å². The number of nitrogens with one attached hydrogen (secondary N) is 2. The summed E-state index contributed by atoms with van der Waals surface area (Å²) in [6.45, 7) is 6.65. The van der Waals surface area contributed by atoms with Crippen LogP contribution in [0.1, 0.15) is 32.7 Å². The summed E-state index contributed by atoms with van der Waals surface area (Å²) in [5.74, 6) is -0.215. The number of rotatable bonds is 4. The fourth-order valence-electron chi connectivity index (χ4n) is 2.74. The molecule has 0 radical (unpaired) electrons. The first-order valence-corrected chi connectivity index (χ1v) is 7.72. The van der Waals surface area contributed by atoms with Crippen molar-refractivity contribution in [3.05, 3.63) is 52.5 Å². The van der Waals surface area contributed by atoms with Gasteiger partial charge in [0.05, 0.1) is 18.2 Å². The number of nitrogens with zero attached hydrogens (tertiary/aromatic N) is 2. The predicted octanol–water partition coefficient (Wildman–Crippen LogP) is 2.82. The molecule has 124 valence electrons. The second-order valence-corrected chi connectivity index (χ2v) is 5.86. The van der Waals surface area contributed by atoms with E-state index < -0.39 is 0 Å². The lowest BCUT2D eigenvalue weighted by atomic mass is 10.0. The summed E-state index contributed by atoms with van der Waals surface area (Å²) in [6, 6.07) is 4.49. The number of hydrogen-bond acceptors (Lipinski definition) is 4. The first-order chi connectivity index (χ1) is 11.5. The van der Waals surface area contributed by atoms with E-state index in [1.54, 1.807) is 0 Å². The molecule has 6 nitrogen and oxygen atoms in total. The number of methoxy groups -OCH3 is 1. The molecule has 0 spiro atoms. The first kappa shape index (κ1) is 16.0. The minimum absolute atomic E-state index is 0.215. The standard InChI is InChI=1S/C18H20N4O2/c1-10-5-13(16-15(6-10)11(2)12(3)22-16)7-19-17(23)14-8-20-18(24-4)21-9-14/h5-6,8-9,22H,7H2,1-4H3,(H,19,23). The van der Waals surface area contributed by atoms with Crippen molar-refractivity contribution in [3.8, 4) is 6.01 Å². The summed E-state index contributed by atoms with van der Waals surface area (Å²) in [5, 5.41) is 4.12. The zero-order chi connectivity index (χ0) is 17.3. The Kier molecular flexibility index (Phi) is 4.20. The van der Waals surface area contributed by atoms with E-state index in [2.05, 4.69) is 53.2 Å². The molecule has 2 N–H and O–H groups in total. The summed E-state index contributed by atoms with van der Waals surface area (Å²) in [5.41, 5.74) is 6.09. The molecule has 0 aliphatic rings. The molecule has 2 heterocycles. The molecule has 0 fully saturated rings. The van der Waals surface area contributed by atoms with Crippen molar-refractivity contribution in [3.63, 3.8) is 0 Å². The molecule has 3 aromatic rings. The monoisotopic (exact) mass is 324 g/mol. The average Bonchev–Trinajstić information content (AvgIpc) is 2.87. The number of fused-ring (bicyclic) bond motifs is 1. The Bertz CT molecular complexity index is 898. The average molecular weight is 324 g/mol. The fraction of sp³-hybridized carbons (Fsp3) is 0.278. The Hall–Kier alpha value is -2.89. The number of carbonyl (C=O) groups is 1. The third-order valence-electron chi connectivity index (χ3n) is 4.16. The topological polar surface area (TPSA) is 79.9 Å². The van der Waals surface area contributed by atoms with Crippen LogP contribution in [-0.4, -0.2) is 28.0 Å². The second kappa shape index (κ2) is 6.31. The Balaban J connectivity index is 1.82. The highest BCUT2D eigenvalue weighted by molar-refractivity contribution is 5.94. The van der Waals surface area contributed by atoms with Gasteiger partial charge in [0.1, 0.15) is 0 Å². The van der Waals surface area contributed by atoms with Crippen LogP contribution in [-0.2, 0) is 6.54 Å². The maximum atomic E-state index is 12.3. The number of amides is 1. The molecule has 1 aromatic carbocycles. The quantitative estimate of drug-likeness (QED) is 0.773. The Labute approximate surface area is 140 Å². The maximum Gasteiger partial charge on any atom is 0.316 e. The van der Waals surface area contributed by atoms with Gasteiger partial charge in [0.25, 0.3) is 5.91 Å². The van der Waals surface area contributed by atoms with Gasteiger partial charge >= 0.3 is 6.01 Å². The molecule has 0 aliphatic heterocycles. The highest BCUT2D eigenvalue weighted by Crippen LogP contribution is 2.26. The third-order valence-corrected chi connectivity index (χ3v) is 4.16. The molecule has 0 saturated carbocycles. The number of carbonyl (C=O) groups excluding carboxylic acids is 1. The van der Waals surface area contributed by atoms with Gasteiger partial charge in [0, 0.05) is 30.0 Å². The highest BCUT2D eigenvalue weighted by Gasteiger charge is 2.12. The van der Waals surface area contributed by atoms with Gasteiger partial charge in [-0.05, 0) is 38.0 Å². The number of aromatic amines is 1. The summed E-state index contributed by atoms with van der Waals surface area (Å²) < 4.78 is 4.90. The SMILES string of the molecule is COc1ncc(C(=O)NCc2cc(C)cc3c(C)c(C)[nH]c23)cn1. The fourth-order valence-corrected chi connectivity index (χ4v) is 2.74. The Morgan fingerprint density at radius 2 is 1.92 bits per heavy atom. The van der Waals surface area contributed by atoms with Crippen molar-refractivity contribution in [2.45, 2.75) is 27.3 Å². The van der Waals surface area contributed by atoms with Crippen LogP contribution in [0.4, 0.5) is 0 Å². The van der Waals surface area contributed by atoms with Crippen LogP contribution in [0.25, 0.3) is 10.9 Å². The Morgan fingerprint density at radius 3 is 2.58 bits per heavy atom. The number of benzene rings is 1. The van der Waals surface area contributed by atoms with E-state index in [9.17, 15) is 4.79 Å². The van der Waals surface area contributed by atoms with E-state index in [-0.39, 0.29) is 11.9 Å². The van der Waals surface area contributed by atoms with Gasteiger partial charge in [0.15, 0.2) is 0 Å². The molecule has 0 aliphatic carbocycles. The molecule has 3 rings (SSSR count). The van der Waals surface area contributed by atoms with Crippen LogP contribution in [0.3, 0.4) is 0 Å². The second-order valence-electron chi connectivity index (χ2n) is 5.86. The van der Waals surface area contributed by atoms with Crippen LogP contribution in [0.2, 0.25) is 0 Å². The van der Waals surface area contributed by atoms with Gasteiger partial charge in [-0.2, -0.15) is 0 Å². The lowest BCUT2D eigenvalue weighted by Crippen LogP contribution is -2.23. The van der Waals surface area contributed by atoms with Crippen molar-refractivity contribution in [2.24, 2.45) is 0 Å². The zero-order valence-corrected chi connectivity index (χ0v) is 14.2. The van der Waals surface area contributed by atoms with Crippen LogP contribution >= 0.6 is 0 Å². The van der Waals surface area contributed by atoms with Crippen molar-refractivity contribution in [1.29, 1.82) is 0 Å². The number of ether oxygens (including phenoxy) is 1. The van der Waals surface area contributed by atoms with E-state index in [0.717, 1.165) is 16.8 Å². The van der Waals surface area contributed by atoms with Crippen LogP contribution < -0.4 is 10.1 Å². The van der Waals surface area contributed by atoms with Crippen LogP contribution in [0, 0.1) is 20.8 Å². The molecule has 0 atom stereocenters. The lowest BCUT2D eigenvalue weighted by molar-refractivity contribution is 0.0950. The molecule has 24 heavy (non-hydrogen) atoms. The van der Waals surface area contributed by atoms with E-state index in [0.29, 0.717) is 12.1 Å². The molecular formula is C18H20N4O2. The minimum atomic E-state index is -0.215. The van der Waals surface area contributed by atoms with Crippen molar-refractivity contribution in [1.82, 2.24) is 20.3 Å². The summed E-state index contributed by atoms with van der Waals surface area (Å²) in [6.07, 6.45) is 2.91. The number of hydrogen-bond donors (Lipinski definition) is 2. The van der Waals surface area contributed by atoms with Crippen molar-refractivity contribution >= 4 is 16.8 Å². The minimum Gasteiger partial charge on any atom is -0.467 e. The number of H-pyrrole nitrogens is 1. The molecule has 0 unspecified atom stereocenters. The highest BCUT2D eigenvalue weighted by atomic mass is 16.5. The molecule has 2 aromatic heterocycles. The van der Waals surface area contributed by atoms with Gasteiger partial charge in [-0.1, -0.05) is 11.6 Å². The van der Waals surface area contributed by atoms with Crippen molar-refractivity contribution in [2.75, 3.05) is 7.11 Å². The van der Waals surface area contributed by atoms with E-state index in [4.69, 9.17) is 4.74 Å². The molecule has 6 heteroatoms. The lowest BCUT2D eigenvalue weighted by Gasteiger charge is -2.08. The van der Waals surface area contributed by atoms with E-state index >= 15 is 0 Å². The van der Waals surface area contributed by atoms with Gasteiger partial charge in [0.2, 0.25) is 0 Å². The normalized spacial score (nSPS) is 10.8. The zero-order valence-electron chi connectivity index (χ0n) is 14.2. The number of aryl methyl sites for hydroxylation is 3. The number of aromatic nitrogens is 3. The molecule has 1 amide bonds. The van der Waals surface area contributed by atoms with Gasteiger partial charge in [-0.3, -0.25) is 4.79 Å². The van der Waals surface area contributed by atoms with Gasteiger partial charge < -0.3 is 15.0 Å². The molecule has 0 saturated heterocycles. The van der Waals surface area contributed by atoms with Gasteiger partial charge in [-0.15, -0.1) is 0 Å². The summed E-state index contributed by atoms with van der Waals surface area (Å²) in [4.78, 5) is 23.6. The summed E-state index contributed by atoms with van der Waals surface area (Å²) in [7, 11) is 1.48.